The SMILES string of the molecule is O=C(C[C@@H]1SC(=Nc2ccc(OC(F)F)cc2)N(C[C@H]2CCCO2)C1=O)Nc1ccc(Cl)cc1. The van der Waals surface area contributed by atoms with Crippen LogP contribution in [-0.4, -0.2) is 53.0 Å². The van der Waals surface area contributed by atoms with Crippen LogP contribution in [0.1, 0.15) is 19.3 Å². The van der Waals surface area contributed by atoms with E-state index in [-0.39, 0.29) is 30.1 Å². The van der Waals surface area contributed by atoms with Gasteiger partial charge in [0.15, 0.2) is 5.17 Å². The molecule has 2 aliphatic heterocycles. The number of anilines is 1. The lowest BCUT2D eigenvalue weighted by atomic mass is 10.2. The first-order valence-corrected chi connectivity index (χ1v) is 11.9. The van der Waals surface area contributed by atoms with Crippen molar-refractivity contribution in [2.45, 2.75) is 37.2 Å². The zero-order valence-corrected chi connectivity index (χ0v) is 19.5. The number of hydrogen-bond donors (Lipinski definition) is 1. The molecule has 2 fully saturated rings. The fourth-order valence-corrected chi connectivity index (χ4v) is 4.90. The van der Waals surface area contributed by atoms with E-state index < -0.39 is 11.9 Å². The first kappa shape index (κ1) is 24.4. The summed E-state index contributed by atoms with van der Waals surface area (Å²) in [5.41, 5.74) is 1.06. The van der Waals surface area contributed by atoms with Crippen molar-refractivity contribution in [1.82, 2.24) is 4.90 Å². The maximum absolute atomic E-state index is 13.2. The number of hydrogen-bond acceptors (Lipinski definition) is 6. The molecule has 7 nitrogen and oxygen atoms in total. The van der Waals surface area contributed by atoms with Gasteiger partial charge in [-0.05, 0) is 61.4 Å². The Labute approximate surface area is 204 Å². The molecule has 0 unspecified atom stereocenters. The Balaban J connectivity index is 1.48. The van der Waals surface area contributed by atoms with Crippen molar-refractivity contribution in [3.8, 4) is 5.75 Å². The third-order valence-electron chi connectivity index (χ3n) is 5.22. The fourth-order valence-electron chi connectivity index (χ4n) is 3.61. The van der Waals surface area contributed by atoms with Crippen molar-refractivity contribution in [3.05, 3.63) is 53.6 Å². The molecule has 2 heterocycles. The molecule has 0 aliphatic carbocycles. The van der Waals surface area contributed by atoms with Crippen LogP contribution in [0, 0.1) is 0 Å². The van der Waals surface area contributed by atoms with E-state index in [4.69, 9.17) is 16.3 Å². The highest BCUT2D eigenvalue weighted by molar-refractivity contribution is 8.15. The van der Waals surface area contributed by atoms with E-state index in [1.807, 2.05) is 0 Å². The van der Waals surface area contributed by atoms with Gasteiger partial charge < -0.3 is 14.8 Å². The van der Waals surface area contributed by atoms with Crippen molar-refractivity contribution in [3.63, 3.8) is 0 Å². The monoisotopic (exact) mass is 509 g/mol. The Hall–Kier alpha value is -2.69. The number of benzene rings is 2. The Morgan fingerprint density at radius 3 is 2.62 bits per heavy atom. The van der Waals surface area contributed by atoms with Gasteiger partial charge in [-0.1, -0.05) is 23.4 Å². The Morgan fingerprint density at radius 2 is 1.97 bits per heavy atom. The quantitative estimate of drug-likeness (QED) is 0.536. The van der Waals surface area contributed by atoms with Gasteiger partial charge in [-0.25, -0.2) is 4.99 Å². The summed E-state index contributed by atoms with van der Waals surface area (Å²) in [4.78, 5) is 31.8. The summed E-state index contributed by atoms with van der Waals surface area (Å²) in [6, 6.07) is 12.5. The van der Waals surface area contributed by atoms with Crippen LogP contribution in [0.4, 0.5) is 20.2 Å². The second kappa shape index (κ2) is 11.2. The number of halogens is 3. The number of nitrogens with one attached hydrogen (secondary N) is 1. The second-order valence-electron chi connectivity index (χ2n) is 7.72. The molecule has 180 valence electrons. The summed E-state index contributed by atoms with van der Waals surface area (Å²) in [6.07, 6.45) is 1.63. The topological polar surface area (TPSA) is 80.2 Å². The molecule has 0 saturated carbocycles. The number of ether oxygens (including phenoxy) is 2. The standard InChI is InChI=1S/C23H22ClF2N3O4S/c24-14-3-5-15(6-4-14)27-20(30)12-19-21(31)29(13-18-2-1-11-32-18)23(34-19)28-16-7-9-17(10-8-16)33-22(25)26/h3-10,18-19,22H,1-2,11-13H2,(H,27,30)/t18-,19+/m1/s1. The molecule has 2 aliphatic rings. The summed E-state index contributed by atoms with van der Waals surface area (Å²) in [7, 11) is 0. The average Bonchev–Trinajstić information content (AvgIpc) is 3.41. The first-order chi connectivity index (χ1) is 16.4. The van der Waals surface area contributed by atoms with Crippen LogP contribution in [0.3, 0.4) is 0 Å². The highest BCUT2D eigenvalue weighted by Gasteiger charge is 2.40. The molecule has 0 spiro atoms. The fraction of sp³-hybridized carbons (Fsp3) is 0.348. The molecule has 4 rings (SSSR count). The van der Waals surface area contributed by atoms with E-state index in [0.29, 0.717) is 34.7 Å². The Morgan fingerprint density at radius 1 is 1.24 bits per heavy atom. The normalized spacial score (nSPS) is 21.5. The maximum Gasteiger partial charge on any atom is 0.387 e. The van der Waals surface area contributed by atoms with Crippen LogP contribution < -0.4 is 10.1 Å². The van der Waals surface area contributed by atoms with Gasteiger partial charge in [-0.2, -0.15) is 8.78 Å². The number of carbonyl (C=O) groups is 2. The number of aliphatic imine (C=N–C) groups is 1. The van der Waals surface area contributed by atoms with Gasteiger partial charge in [0.1, 0.15) is 11.0 Å². The van der Waals surface area contributed by atoms with Gasteiger partial charge in [0.2, 0.25) is 11.8 Å². The number of carbonyl (C=O) groups excluding carboxylic acids is 2. The predicted octanol–water partition coefficient (Wildman–Crippen LogP) is 5.08. The minimum atomic E-state index is -2.91. The molecule has 0 bridgehead atoms. The predicted molar refractivity (Wildman–Crippen MR) is 127 cm³/mol. The van der Waals surface area contributed by atoms with E-state index in [2.05, 4.69) is 15.0 Å². The number of nitrogens with zero attached hydrogens (tertiary/aromatic N) is 2. The van der Waals surface area contributed by atoms with E-state index in [1.54, 1.807) is 29.2 Å². The van der Waals surface area contributed by atoms with Crippen molar-refractivity contribution in [1.29, 1.82) is 0 Å². The molecule has 1 N–H and O–H groups in total. The van der Waals surface area contributed by atoms with Crippen LogP contribution >= 0.6 is 23.4 Å². The van der Waals surface area contributed by atoms with Crippen LogP contribution in [-0.2, 0) is 14.3 Å². The van der Waals surface area contributed by atoms with Gasteiger partial charge in [-0.3, -0.25) is 14.5 Å². The summed E-state index contributed by atoms with van der Waals surface area (Å²) in [5.74, 6) is -0.509. The van der Waals surface area contributed by atoms with E-state index in [0.717, 1.165) is 12.8 Å². The van der Waals surface area contributed by atoms with Crippen LogP contribution in [0.25, 0.3) is 0 Å². The molecule has 2 saturated heterocycles. The number of amides is 2. The lowest BCUT2D eigenvalue weighted by molar-refractivity contribution is -0.129. The number of alkyl halides is 2. The molecule has 0 aromatic heterocycles. The van der Waals surface area contributed by atoms with Crippen LogP contribution in [0.15, 0.2) is 53.5 Å². The summed E-state index contributed by atoms with van der Waals surface area (Å²) >= 11 is 7.07. The van der Waals surface area contributed by atoms with Gasteiger partial charge in [0.25, 0.3) is 0 Å². The molecular formula is C23H22ClF2N3O4S. The molecule has 0 radical (unpaired) electrons. The van der Waals surface area contributed by atoms with E-state index in [9.17, 15) is 18.4 Å². The minimum absolute atomic E-state index is 0.0158. The molecule has 11 heteroatoms. The van der Waals surface area contributed by atoms with Crippen molar-refractivity contribution in [2.75, 3.05) is 18.5 Å². The van der Waals surface area contributed by atoms with Gasteiger partial charge in [0.05, 0.1) is 18.3 Å². The lowest BCUT2D eigenvalue weighted by Gasteiger charge is -2.20. The Kier molecular flexibility index (Phi) is 8.02. The largest absolute Gasteiger partial charge is 0.435 e. The van der Waals surface area contributed by atoms with Crippen molar-refractivity contribution in [2.24, 2.45) is 4.99 Å². The highest BCUT2D eigenvalue weighted by Crippen LogP contribution is 2.33. The van der Waals surface area contributed by atoms with Crippen molar-refractivity contribution < 1.29 is 27.8 Å². The average molecular weight is 510 g/mol. The zero-order chi connectivity index (χ0) is 24.1. The lowest BCUT2D eigenvalue weighted by Crippen LogP contribution is -2.38. The smallest absolute Gasteiger partial charge is 0.387 e. The highest BCUT2D eigenvalue weighted by atomic mass is 35.5. The number of thioether (sulfide) groups is 1. The zero-order valence-electron chi connectivity index (χ0n) is 18.0. The third-order valence-corrected chi connectivity index (χ3v) is 6.64. The van der Waals surface area contributed by atoms with E-state index in [1.165, 1.54) is 36.0 Å². The molecule has 2 amide bonds. The summed E-state index contributed by atoms with van der Waals surface area (Å²) in [6.45, 7) is -1.93. The third kappa shape index (κ3) is 6.46. The summed E-state index contributed by atoms with van der Waals surface area (Å²) < 4.78 is 34.8. The first-order valence-electron chi connectivity index (χ1n) is 10.7. The van der Waals surface area contributed by atoms with Gasteiger partial charge >= 0.3 is 6.61 Å². The second-order valence-corrected chi connectivity index (χ2v) is 9.32. The minimum Gasteiger partial charge on any atom is -0.435 e. The molecule has 2 aromatic carbocycles. The number of rotatable bonds is 8. The molecule has 34 heavy (non-hydrogen) atoms. The Bertz CT molecular complexity index is 1050. The maximum atomic E-state index is 13.2. The van der Waals surface area contributed by atoms with Gasteiger partial charge in [-0.15, -0.1) is 0 Å². The number of amidine groups is 1. The molecule has 2 aromatic rings. The van der Waals surface area contributed by atoms with Gasteiger partial charge in [0, 0.05) is 23.7 Å². The van der Waals surface area contributed by atoms with Crippen LogP contribution in [0.5, 0.6) is 5.75 Å². The van der Waals surface area contributed by atoms with Crippen molar-refractivity contribution >= 4 is 51.7 Å². The molecular weight excluding hydrogens is 488 g/mol. The molecule has 2 atom stereocenters. The van der Waals surface area contributed by atoms with Crippen LogP contribution in [0.2, 0.25) is 5.02 Å². The summed E-state index contributed by atoms with van der Waals surface area (Å²) in [5, 5.41) is 3.12. The van der Waals surface area contributed by atoms with E-state index >= 15 is 0 Å².